The van der Waals surface area contributed by atoms with Gasteiger partial charge in [0.15, 0.2) is 4.87 Å². The number of carboxylic acid groups (broad SMARTS) is 2. The van der Waals surface area contributed by atoms with Gasteiger partial charge >= 0.3 is 35.5 Å². The number of rotatable bonds is 2. The van der Waals surface area contributed by atoms with Crippen molar-refractivity contribution < 1.29 is 49.4 Å². The van der Waals surface area contributed by atoms with Crippen LogP contribution in [0.3, 0.4) is 0 Å². The van der Waals surface area contributed by atoms with Crippen LogP contribution in [0.15, 0.2) is 0 Å². The van der Waals surface area contributed by atoms with Crippen molar-refractivity contribution >= 4 is 23.5 Å². The van der Waals surface area contributed by atoms with Gasteiger partial charge in [-0.2, -0.15) is 0 Å². The zero-order valence-corrected chi connectivity index (χ0v) is 8.31. The summed E-state index contributed by atoms with van der Waals surface area (Å²) in [5.41, 5.74) is 0. The molecule has 1 unspecified atom stereocenters. The second-order valence-electron chi connectivity index (χ2n) is 1.60. The largest absolute Gasteiger partial charge is 1.00 e. The van der Waals surface area contributed by atoms with Crippen LogP contribution in [0.4, 0.5) is 0 Å². The number of hydrogen-bond acceptors (Lipinski definition) is 3. The van der Waals surface area contributed by atoms with Crippen LogP contribution in [-0.2, 0) is 9.59 Å². The van der Waals surface area contributed by atoms with Crippen LogP contribution in [-0.4, -0.2) is 21.9 Å². The summed E-state index contributed by atoms with van der Waals surface area (Å²) in [6, 6.07) is 0. The maximum atomic E-state index is 9.91. The van der Waals surface area contributed by atoms with E-state index in [0.29, 0.717) is 0 Å². The number of carbonyl (C=O) groups is 2. The quantitative estimate of drug-likeness (QED) is 0.262. The Labute approximate surface area is 84.5 Å². The molecule has 52 valence electrons. The van der Waals surface area contributed by atoms with Gasteiger partial charge < -0.3 is 15.0 Å². The molecular formula is C4H4ClNaO4. The minimum absolute atomic E-state index is 0. The molecule has 0 amide bonds. The van der Waals surface area contributed by atoms with E-state index in [1.54, 1.807) is 0 Å². The van der Waals surface area contributed by atoms with Gasteiger partial charge in [-0.1, -0.05) is 0 Å². The summed E-state index contributed by atoms with van der Waals surface area (Å²) in [5.74, 6) is -3.43. The van der Waals surface area contributed by atoms with Crippen LogP contribution in [0.2, 0.25) is 0 Å². The molecule has 0 heterocycles. The predicted octanol–water partition coefficient (Wildman–Crippen LogP) is -4.18. The number of carboxylic acids is 2. The van der Waals surface area contributed by atoms with E-state index in [1.807, 2.05) is 0 Å². The van der Waals surface area contributed by atoms with Gasteiger partial charge in [-0.3, -0.25) is 0 Å². The van der Waals surface area contributed by atoms with E-state index in [9.17, 15) is 14.7 Å². The Morgan fingerprint density at radius 1 is 1.60 bits per heavy atom. The van der Waals surface area contributed by atoms with Gasteiger partial charge in [0.25, 0.3) is 0 Å². The Bertz CT molecular complexity index is 139. The molecule has 6 heteroatoms. The summed E-state index contributed by atoms with van der Waals surface area (Å²) >= 11 is 4.94. The van der Waals surface area contributed by atoms with E-state index in [1.165, 1.54) is 0 Å². The second-order valence-corrected chi connectivity index (χ2v) is 2.35. The van der Waals surface area contributed by atoms with E-state index >= 15 is 0 Å². The molecule has 4 nitrogen and oxygen atoms in total. The van der Waals surface area contributed by atoms with Crippen molar-refractivity contribution in [2.75, 3.05) is 0 Å². The molecule has 0 aliphatic rings. The van der Waals surface area contributed by atoms with Gasteiger partial charge in [-0.05, 0) is 6.92 Å². The van der Waals surface area contributed by atoms with Crippen molar-refractivity contribution in [1.29, 1.82) is 0 Å². The molecule has 0 rings (SSSR count). The summed E-state index contributed by atoms with van der Waals surface area (Å²) in [5, 5.41) is 17.9. The van der Waals surface area contributed by atoms with E-state index in [-0.39, 0.29) is 29.6 Å². The number of aliphatic carboxylic acids is 2. The SMILES string of the molecule is CC(Cl)(C(=O)[O-])C(=O)O.[Na+]. The number of hydrogen-bond donors (Lipinski definition) is 1. The number of carbonyl (C=O) groups excluding carboxylic acids is 1. The molecule has 0 aromatic rings. The fraction of sp³-hybridized carbons (Fsp3) is 0.500. The molecule has 0 radical (unpaired) electrons. The third-order valence-corrected chi connectivity index (χ3v) is 1.10. The third kappa shape index (κ3) is 2.88. The molecule has 1 N–H and O–H groups in total. The maximum Gasteiger partial charge on any atom is 1.00 e. The zero-order valence-electron chi connectivity index (χ0n) is 5.55. The normalized spacial score (nSPS) is 14.6. The Morgan fingerprint density at radius 3 is 1.90 bits per heavy atom. The van der Waals surface area contributed by atoms with Crippen molar-refractivity contribution in [3.8, 4) is 0 Å². The van der Waals surface area contributed by atoms with Gasteiger partial charge in [0.1, 0.15) is 0 Å². The van der Waals surface area contributed by atoms with Crippen molar-refractivity contribution in [2.24, 2.45) is 0 Å². The summed E-state index contributed by atoms with van der Waals surface area (Å²) in [6.45, 7) is 0.840. The van der Waals surface area contributed by atoms with Gasteiger partial charge in [-0.15, -0.1) is 11.6 Å². The van der Waals surface area contributed by atoms with Crippen LogP contribution in [0, 0.1) is 0 Å². The first-order valence-electron chi connectivity index (χ1n) is 2.02. The summed E-state index contributed by atoms with van der Waals surface area (Å²) in [6.07, 6.45) is 0. The zero-order chi connectivity index (χ0) is 7.65. The van der Waals surface area contributed by atoms with Crippen LogP contribution in [0.1, 0.15) is 6.92 Å². The van der Waals surface area contributed by atoms with Crippen LogP contribution < -0.4 is 34.7 Å². The summed E-state index contributed by atoms with van der Waals surface area (Å²) in [4.78, 5) is 17.4. The monoisotopic (exact) mass is 174 g/mol. The molecule has 0 bridgehead atoms. The van der Waals surface area contributed by atoms with E-state index in [4.69, 9.17) is 16.7 Å². The fourth-order valence-corrected chi connectivity index (χ4v) is 0.0873. The first kappa shape index (κ1) is 12.9. The Morgan fingerprint density at radius 2 is 1.90 bits per heavy atom. The van der Waals surface area contributed by atoms with Crippen LogP contribution in [0.25, 0.3) is 0 Å². The van der Waals surface area contributed by atoms with Gasteiger partial charge in [0, 0.05) is 0 Å². The Kier molecular flexibility index (Phi) is 5.38. The first-order chi connectivity index (χ1) is 3.89. The minimum atomic E-state index is -2.31. The first-order valence-corrected chi connectivity index (χ1v) is 2.40. The Balaban J connectivity index is 0. The van der Waals surface area contributed by atoms with E-state index < -0.39 is 16.8 Å². The molecule has 0 aromatic heterocycles. The fourth-order valence-electron chi connectivity index (χ4n) is 0.0873. The van der Waals surface area contributed by atoms with Crippen molar-refractivity contribution in [2.45, 2.75) is 11.8 Å². The maximum absolute atomic E-state index is 9.91. The number of alkyl halides is 1. The Hall–Kier alpha value is 0.230. The molecule has 0 spiro atoms. The van der Waals surface area contributed by atoms with Crippen molar-refractivity contribution in [1.82, 2.24) is 0 Å². The average Bonchev–Trinajstić information content (AvgIpc) is 1.65. The molecule has 0 aliphatic carbocycles. The molecule has 0 saturated carbocycles. The second kappa shape index (κ2) is 4.18. The van der Waals surface area contributed by atoms with Gasteiger partial charge in [0.05, 0.1) is 5.97 Å². The van der Waals surface area contributed by atoms with Crippen LogP contribution >= 0.6 is 11.6 Å². The molecule has 0 aliphatic heterocycles. The van der Waals surface area contributed by atoms with Gasteiger partial charge in [-0.25, -0.2) is 4.79 Å². The minimum Gasteiger partial charge on any atom is -0.548 e. The predicted molar refractivity (Wildman–Crippen MR) is 26.9 cm³/mol. The molecule has 0 fully saturated rings. The van der Waals surface area contributed by atoms with Crippen LogP contribution in [0.5, 0.6) is 0 Å². The van der Waals surface area contributed by atoms with Gasteiger partial charge in [0.2, 0.25) is 0 Å². The molecule has 0 saturated heterocycles. The average molecular weight is 175 g/mol. The summed E-state index contributed by atoms with van der Waals surface area (Å²) < 4.78 is 0. The van der Waals surface area contributed by atoms with E-state index in [0.717, 1.165) is 6.92 Å². The smallest absolute Gasteiger partial charge is 0.548 e. The molecule has 1 atom stereocenters. The topological polar surface area (TPSA) is 77.4 Å². The number of halogens is 1. The molecular weight excluding hydrogens is 170 g/mol. The third-order valence-electron chi connectivity index (χ3n) is 0.785. The molecule has 0 aromatic carbocycles. The van der Waals surface area contributed by atoms with E-state index in [2.05, 4.69) is 0 Å². The van der Waals surface area contributed by atoms with Crippen molar-refractivity contribution in [3.05, 3.63) is 0 Å². The summed E-state index contributed by atoms with van der Waals surface area (Å²) in [7, 11) is 0. The standard InChI is InChI=1S/C4H5ClO4.Na/c1-4(5,2(6)7)3(8)9;/h1H3,(H,6,7)(H,8,9);/q;+1/p-1. The molecule has 10 heavy (non-hydrogen) atoms. The van der Waals surface area contributed by atoms with Crippen molar-refractivity contribution in [3.63, 3.8) is 0 Å².